The molecule has 0 aromatic heterocycles. The number of anilines is 1. The van der Waals surface area contributed by atoms with Crippen molar-refractivity contribution in [2.45, 2.75) is 25.7 Å². The van der Waals surface area contributed by atoms with Crippen molar-refractivity contribution in [3.8, 4) is 5.75 Å². The van der Waals surface area contributed by atoms with Gasteiger partial charge in [-0.25, -0.2) is 0 Å². The second-order valence-corrected chi connectivity index (χ2v) is 5.73. The first kappa shape index (κ1) is 16.1. The monoisotopic (exact) mass is 366 g/mol. The first-order chi connectivity index (χ1) is 9.76. The molecule has 1 fully saturated rings. The molecule has 1 aliphatic heterocycles. The van der Waals surface area contributed by atoms with Gasteiger partial charge in [-0.2, -0.15) is 0 Å². The smallest absolute Gasteiger partial charge is 0.405 e. The van der Waals surface area contributed by atoms with Crippen molar-refractivity contribution in [2.75, 3.05) is 11.9 Å². The van der Waals surface area contributed by atoms with Crippen LogP contribution in [0.1, 0.15) is 13.3 Å². The molecule has 2 N–H and O–H groups in total. The van der Waals surface area contributed by atoms with Crippen LogP contribution in [0.3, 0.4) is 0 Å². The lowest BCUT2D eigenvalue weighted by molar-refractivity contribution is -0.274. The minimum Gasteiger partial charge on any atom is -0.405 e. The molecule has 2 unspecified atom stereocenters. The third-order valence-electron chi connectivity index (χ3n) is 3.24. The molecule has 4 nitrogen and oxygen atoms in total. The van der Waals surface area contributed by atoms with E-state index in [0.717, 1.165) is 19.0 Å². The first-order valence-electron chi connectivity index (χ1n) is 6.36. The number of halogens is 4. The number of carbonyl (C=O) groups excluding carboxylic acids is 1. The van der Waals surface area contributed by atoms with Crippen molar-refractivity contribution in [3.63, 3.8) is 0 Å². The topological polar surface area (TPSA) is 50.4 Å². The predicted octanol–water partition coefficient (Wildman–Crippen LogP) is 3.28. The van der Waals surface area contributed by atoms with Crippen molar-refractivity contribution >= 4 is 27.5 Å². The lowest BCUT2D eigenvalue weighted by Gasteiger charge is -2.16. The number of carbonyl (C=O) groups is 1. The van der Waals surface area contributed by atoms with E-state index < -0.39 is 6.36 Å². The molecule has 1 aromatic rings. The number of benzene rings is 1. The van der Waals surface area contributed by atoms with E-state index in [-0.39, 0.29) is 28.1 Å². The fourth-order valence-corrected chi connectivity index (χ4v) is 2.65. The van der Waals surface area contributed by atoms with Gasteiger partial charge in [-0.05, 0) is 53.0 Å². The number of alkyl halides is 3. The van der Waals surface area contributed by atoms with Crippen molar-refractivity contribution in [1.82, 2.24) is 5.32 Å². The normalized spacial score (nSPS) is 22.1. The van der Waals surface area contributed by atoms with Crippen LogP contribution in [0, 0.1) is 5.92 Å². The van der Waals surface area contributed by atoms with Crippen LogP contribution in [0.25, 0.3) is 0 Å². The number of nitrogens with one attached hydrogen (secondary N) is 2. The molecule has 0 bridgehead atoms. The van der Waals surface area contributed by atoms with E-state index in [1.54, 1.807) is 0 Å². The Kier molecular flexibility index (Phi) is 4.77. The fraction of sp³-hybridized carbons (Fsp3) is 0.462. The molecule has 0 aliphatic carbocycles. The molecule has 2 atom stereocenters. The Balaban J connectivity index is 2.05. The molecular formula is C13H14BrF3N2O2. The molecule has 21 heavy (non-hydrogen) atoms. The minimum absolute atomic E-state index is 0.116. The summed E-state index contributed by atoms with van der Waals surface area (Å²) in [5.41, 5.74) is 0.405. The maximum atomic E-state index is 12.2. The fourth-order valence-electron chi connectivity index (χ4n) is 2.19. The zero-order valence-electron chi connectivity index (χ0n) is 11.1. The van der Waals surface area contributed by atoms with Crippen LogP contribution in [0.15, 0.2) is 22.7 Å². The van der Waals surface area contributed by atoms with Crippen LogP contribution in [-0.2, 0) is 4.79 Å². The predicted molar refractivity (Wildman–Crippen MR) is 75.0 cm³/mol. The van der Waals surface area contributed by atoms with Crippen LogP contribution in [0.5, 0.6) is 5.75 Å². The summed E-state index contributed by atoms with van der Waals surface area (Å²) in [5.74, 6) is -0.328. The highest BCUT2D eigenvalue weighted by molar-refractivity contribution is 9.10. The van der Waals surface area contributed by atoms with Crippen LogP contribution >= 0.6 is 15.9 Å². The van der Waals surface area contributed by atoms with Crippen molar-refractivity contribution in [2.24, 2.45) is 5.92 Å². The number of ether oxygens (including phenoxy) is 1. The van der Waals surface area contributed by atoms with Gasteiger partial charge in [0.25, 0.3) is 0 Å². The maximum Gasteiger partial charge on any atom is 0.573 e. The van der Waals surface area contributed by atoms with Gasteiger partial charge in [0, 0.05) is 5.69 Å². The van der Waals surface area contributed by atoms with Gasteiger partial charge in [-0.1, -0.05) is 6.92 Å². The average Bonchev–Trinajstić information content (AvgIpc) is 2.77. The van der Waals surface area contributed by atoms with Gasteiger partial charge in [0.15, 0.2) is 0 Å². The highest BCUT2D eigenvalue weighted by atomic mass is 79.9. The van der Waals surface area contributed by atoms with Crippen LogP contribution in [-0.4, -0.2) is 24.9 Å². The van der Waals surface area contributed by atoms with Gasteiger partial charge in [-0.3, -0.25) is 4.79 Å². The van der Waals surface area contributed by atoms with Gasteiger partial charge in [0.1, 0.15) is 5.75 Å². The second kappa shape index (κ2) is 6.23. The Labute approximate surface area is 128 Å². The SMILES string of the molecule is CC1CCNC1C(=O)Nc1ccc(OC(F)(F)F)c(Br)c1. The second-order valence-electron chi connectivity index (χ2n) is 4.88. The summed E-state index contributed by atoms with van der Waals surface area (Å²) in [6.07, 6.45) is -3.84. The number of rotatable bonds is 3. The summed E-state index contributed by atoms with van der Waals surface area (Å²) in [6.45, 7) is 2.75. The lowest BCUT2D eigenvalue weighted by Crippen LogP contribution is -2.39. The molecule has 1 aliphatic rings. The molecule has 0 radical (unpaired) electrons. The zero-order valence-corrected chi connectivity index (χ0v) is 12.7. The number of hydrogen-bond acceptors (Lipinski definition) is 3. The highest BCUT2D eigenvalue weighted by Crippen LogP contribution is 2.32. The summed E-state index contributed by atoms with van der Waals surface area (Å²) >= 11 is 2.99. The van der Waals surface area contributed by atoms with Crippen molar-refractivity contribution in [1.29, 1.82) is 0 Å². The molecule has 1 saturated heterocycles. The number of amides is 1. The Bertz CT molecular complexity index is 537. The first-order valence-corrected chi connectivity index (χ1v) is 7.15. The lowest BCUT2D eigenvalue weighted by atomic mass is 10.0. The summed E-state index contributed by atoms with van der Waals surface area (Å²) in [4.78, 5) is 12.1. The minimum atomic E-state index is -4.75. The maximum absolute atomic E-state index is 12.2. The highest BCUT2D eigenvalue weighted by Gasteiger charge is 2.32. The number of hydrogen-bond donors (Lipinski definition) is 2. The van der Waals surface area contributed by atoms with E-state index in [1.165, 1.54) is 12.1 Å². The Hall–Kier alpha value is -1.28. The average molecular weight is 367 g/mol. The van der Waals surface area contributed by atoms with E-state index >= 15 is 0 Å². The van der Waals surface area contributed by atoms with Gasteiger partial charge < -0.3 is 15.4 Å². The van der Waals surface area contributed by atoms with Gasteiger partial charge in [0.05, 0.1) is 10.5 Å². The van der Waals surface area contributed by atoms with E-state index in [2.05, 4.69) is 31.3 Å². The van der Waals surface area contributed by atoms with Crippen molar-refractivity contribution < 1.29 is 22.7 Å². The van der Waals surface area contributed by atoms with Crippen LogP contribution in [0.4, 0.5) is 18.9 Å². The summed E-state index contributed by atoms with van der Waals surface area (Å²) < 4.78 is 40.4. The molecule has 2 rings (SSSR count). The Morgan fingerprint density at radius 3 is 2.71 bits per heavy atom. The standard InChI is InChI=1S/C13H14BrF3N2O2/c1-7-4-5-18-11(7)12(20)19-8-2-3-10(9(14)6-8)21-13(15,16)17/h2-3,6-7,11,18H,4-5H2,1H3,(H,19,20). The van der Waals surface area contributed by atoms with Crippen LogP contribution < -0.4 is 15.4 Å². The third-order valence-corrected chi connectivity index (χ3v) is 3.86. The Morgan fingerprint density at radius 2 is 2.19 bits per heavy atom. The van der Waals surface area contributed by atoms with Gasteiger partial charge in [0.2, 0.25) is 5.91 Å². The van der Waals surface area contributed by atoms with E-state index in [1.807, 2.05) is 6.92 Å². The summed E-state index contributed by atoms with van der Waals surface area (Å²) in [7, 11) is 0. The zero-order chi connectivity index (χ0) is 15.6. The third kappa shape index (κ3) is 4.34. The molecule has 0 spiro atoms. The van der Waals surface area contributed by atoms with E-state index in [0.29, 0.717) is 5.69 Å². The quantitative estimate of drug-likeness (QED) is 0.862. The molecule has 1 heterocycles. The molecular weight excluding hydrogens is 353 g/mol. The largest absolute Gasteiger partial charge is 0.573 e. The molecule has 0 saturated carbocycles. The molecule has 116 valence electrons. The summed E-state index contributed by atoms with van der Waals surface area (Å²) in [6, 6.07) is 3.61. The van der Waals surface area contributed by atoms with Gasteiger partial charge in [-0.15, -0.1) is 13.2 Å². The Morgan fingerprint density at radius 1 is 1.48 bits per heavy atom. The van der Waals surface area contributed by atoms with E-state index in [9.17, 15) is 18.0 Å². The van der Waals surface area contributed by atoms with E-state index in [4.69, 9.17) is 0 Å². The van der Waals surface area contributed by atoms with Crippen molar-refractivity contribution in [3.05, 3.63) is 22.7 Å². The molecule has 1 amide bonds. The molecule has 1 aromatic carbocycles. The van der Waals surface area contributed by atoms with Gasteiger partial charge >= 0.3 is 6.36 Å². The van der Waals surface area contributed by atoms with Crippen LogP contribution in [0.2, 0.25) is 0 Å². The molecule has 8 heteroatoms. The summed E-state index contributed by atoms with van der Waals surface area (Å²) in [5, 5.41) is 5.76.